The predicted molar refractivity (Wildman–Crippen MR) is 95.5 cm³/mol. The third-order valence-electron chi connectivity index (χ3n) is 4.21. The number of hydrogen-bond acceptors (Lipinski definition) is 6. The van der Waals surface area contributed by atoms with Gasteiger partial charge in [-0.1, -0.05) is 12.1 Å². The lowest BCUT2D eigenvalue weighted by Crippen LogP contribution is -2.14. The second-order valence-corrected chi connectivity index (χ2v) is 6.10. The maximum Gasteiger partial charge on any atom is 0.224 e. The van der Waals surface area contributed by atoms with E-state index >= 15 is 0 Å². The molecule has 1 aromatic carbocycles. The van der Waals surface area contributed by atoms with Crippen LogP contribution in [0.4, 0.5) is 5.69 Å². The lowest BCUT2D eigenvalue weighted by molar-refractivity contribution is 0.166. The van der Waals surface area contributed by atoms with Crippen molar-refractivity contribution >= 4 is 16.6 Å². The summed E-state index contributed by atoms with van der Waals surface area (Å²) in [4.78, 5) is 13.4. The van der Waals surface area contributed by atoms with Crippen molar-refractivity contribution in [2.75, 3.05) is 25.1 Å². The third kappa shape index (κ3) is 3.85. The van der Waals surface area contributed by atoms with E-state index in [-0.39, 0.29) is 0 Å². The first-order valence-electron chi connectivity index (χ1n) is 8.48. The molecule has 1 N–H and O–H groups in total. The van der Waals surface area contributed by atoms with E-state index in [1.807, 2.05) is 36.4 Å². The highest BCUT2D eigenvalue weighted by molar-refractivity contribution is 5.83. The van der Waals surface area contributed by atoms with Gasteiger partial charge in [-0.25, -0.2) is 4.98 Å². The molecular weight excluding hydrogens is 316 g/mol. The Kier molecular flexibility index (Phi) is 4.70. The van der Waals surface area contributed by atoms with E-state index in [1.54, 1.807) is 12.4 Å². The number of aromatic nitrogens is 3. The van der Waals surface area contributed by atoms with Crippen LogP contribution < -0.4 is 10.1 Å². The zero-order chi connectivity index (χ0) is 16.9. The van der Waals surface area contributed by atoms with Gasteiger partial charge < -0.3 is 14.8 Å². The van der Waals surface area contributed by atoms with Crippen LogP contribution >= 0.6 is 0 Å². The zero-order valence-electron chi connectivity index (χ0n) is 13.9. The average molecular weight is 336 g/mol. The summed E-state index contributed by atoms with van der Waals surface area (Å²) in [6.07, 6.45) is 4.56. The molecule has 3 aromatic rings. The number of nitrogens with one attached hydrogen (secondary N) is 1. The first-order chi connectivity index (χ1) is 12.4. The lowest BCUT2D eigenvalue weighted by atomic mass is 10.1. The number of pyridine rings is 1. The fourth-order valence-corrected chi connectivity index (χ4v) is 2.84. The van der Waals surface area contributed by atoms with E-state index < -0.39 is 0 Å². The number of fused-ring (bicyclic) bond motifs is 1. The van der Waals surface area contributed by atoms with Crippen LogP contribution in [0.25, 0.3) is 10.9 Å². The summed E-state index contributed by atoms with van der Waals surface area (Å²) < 4.78 is 11.4. The van der Waals surface area contributed by atoms with Crippen molar-refractivity contribution in [2.24, 2.45) is 5.92 Å². The molecule has 0 saturated carbocycles. The van der Waals surface area contributed by atoms with Gasteiger partial charge in [-0.15, -0.1) is 0 Å². The minimum atomic E-state index is 0.436. The van der Waals surface area contributed by atoms with E-state index in [1.165, 1.54) is 0 Å². The maximum absolute atomic E-state index is 6.02. The number of benzene rings is 1. The Morgan fingerprint density at radius 3 is 2.96 bits per heavy atom. The molecule has 0 spiro atoms. The Morgan fingerprint density at radius 1 is 1.16 bits per heavy atom. The molecule has 0 aliphatic carbocycles. The van der Waals surface area contributed by atoms with Crippen LogP contribution in [-0.4, -0.2) is 34.8 Å². The van der Waals surface area contributed by atoms with Gasteiger partial charge in [0.1, 0.15) is 0 Å². The smallest absolute Gasteiger partial charge is 0.224 e. The molecule has 3 heterocycles. The van der Waals surface area contributed by atoms with Gasteiger partial charge >= 0.3 is 0 Å². The molecule has 0 radical (unpaired) electrons. The van der Waals surface area contributed by atoms with Crippen molar-refractivity contribution < 1.29 is 9.47 Å². The van der Waals surface area contributed by atoms with E-state index in [9.17, 15) is 0 Å². The molecule has 25 heavy (non-hydrogen) atoms. The van der Waals surface area contributed by atoms with Crippen molar-refractivity contribution in [3.63, 3.8) is 0 Å². The SMILES string of the molecule is c1cncc(NCc2nc(OCC3CCOC3)c3ccccc3n2)c1. The van der Waals surface area contributed by atoms with Crippen molar-refractivity contribution in [1.29, 1.82) is 0 Å². The van der Waals surface area contributed by atoms with Crippen LogP contribution in [0.1, 0.15) is 12.2 Å². The van der Waals surface area contributed by atoms with Gasteiger partial charge in [0, 0.05) is 24.9 Å². The van der Waals surface area contributed by atoms with Crippen LogP contribution in [0.15, 0.2) is 48.8 Å². The number of nitrogens with zero attached hydrogens (tertiary/aromatic N) is 3. The number of hydrogen-bond donors (Lipinski definition) is 1. The monoisotopic (exact) mass is 336 g/mol. The molecule has 1 unspecified atom stereocenters. The lowest BCUT2D eigenvalue weighted by Gasteiger charge is -2.13. The van der Waals surface area contributed by atoms with Gasteiger partial charge in [0.25, 0.3) is 0 Å². The molecular formula is C19H20N4O2. The maximum atomic E-state index is 6.02. The molecule has 4 rings (SSSR count). The summed E-state index contributed by atoms with van der Waals surface area (Å²) >= 11 is 0. The minimum absolute atomic E-state index is 0.436. The highest BCUT2D eigenvalue weighted by Crippen LogP contribution is 2.24. The number of anilines is 1. The minimum Gasteiger partial charge on any atom is -0.477 e. The van der Waals surface area contributed by atoms with Crippen molar-refractivity contribution in [2.45, 2.75) is 13.0 Å². The fraction of sp³-hybridized carbons (Fsp3) is 0.316. The first-order valence-corrected chi connectivity index (χ1v) is 8.48. The largest absolute Gasteiger partial charge is 0.477 e. The Morgan fingerprint density at radius 2 is 2.12 bits per heavy atom. The molecule has 6 nitrogen and oxygen atoms in total. The zero-order valence-corrected chi connectivity index (χ0v) is 13.9. The Labute approximate surface area is 146 Å². The molecule has 2 aromatic heterocycles. The molecule has 0 amide bonds. The summed E-state index contributed by atoms with van der Waals surface area (Å²) in [6, 6.07) is 11.8. The summed E-state index contributed by atoms with van der Waals surface area (Å²) in [5.41, 5.74) is 1.82. The van der Waals surface area contributed by atoms with Gasteiger partial charge in [0.05, 0.1) is 36.3 Å². The van der Waals surface area contributed by atoms with Gasteiger partial charge in [-0.2, -0.15) is 4.98 Å². The number of ether oxygens (including phenoxy) is 2. The van der Waals surface area contributed by atoms with E-state index in [4.69, 9.17) is 9.47 Å². The molecule has 1 fully saturated rings. The molecule has 1 aliphatic heterocycles. The summed E-state index contributed by atoms with van der Waals surface area (Å²) in [7, 11) is 0. The topological polar surface area (TPSA) is 69.2 Å². The third-order valence-corrected chi connectivity index (χ3v) is 4.21. The number of rotatable bonds is 6. The average Bonchev–Trinajstić information content (AvgIpc) is 3.19. The molecule has 0 bridgehead atoms. The van der Waals surface area contributed by atoms with E-state index in [2.05, 4.69) is 20.3 Å². The second kappa shape index (κ2) is 7.44. The highest BCUT2D eigenvalue weighted by Gasteiger charge is 2.17. The normalized spacial score (nSPS) is 16.9. The van der Waals surface area contributed by atoms with Crippen LogP contribution in [0.2, 0.25) is 0 Å². The fourth-order valence-electron chi connectivity index (χ4n) is 2.84. The highest BCUT2D eigenvalue weighted by atomic mass is 16.5. The van der Waals surface area contributed by atoms with Crippen LogP contribution in [-0.2, 0) is 11.3 Å². The number of para-hydroxylation sites is 1. The standard InChI is InChI=1S/C19H20N4O2/c1-2-6-17-16(5-1)19(25-13-14-7-9-24-12-14)23-18(22-17)11-21-15-4-3-8-20-10-15/h1-6,8,10,14,21H,7,9,11-13H2. The first kappa shape index (κ1) is 15.8. The van der Waals surface area contributed by atoms with Gasteiger partial charge in [0.2, 0.25) is 5.88 Å². The quantitative estimate of drug-likeness (QED) is 0.746. The molecule has 1 atom stereocenters. The van der Waals surface area contributed by atoms with Crippen LogP contribution in [0.5, 0.6) is 5.88 Å². The summed E-state index contributed by atoms with van der Waals surface area (Å²) in [6.45, 7) is 2.72. The Bertz CT molecular complexity index is 835. The second-order valence-electron chi connectivity index (χ2n) is 6.10. The molecule has 1 saturated heterocycles. The van der Waals surface area contributed by atoms with Gasteiger partial charge in [0.15, 0.2) is 5.82 Å². The van der Waals surface area contributed by atoms with Crippen molar-refractivity contribution in [1.82, 2.24) is 15.0 Å². The van der Waals surface area contributed by atoms with E-state index in [0.29, 0.717) is 30.8 Å². The molecule has 1 aliphatic rings. The molecule has 6 heteroatoms. The summed E-state index contributed by atoms with van der Waals surface area (Å²) in [5, 5.41) is 4.22. The van der Waals surface area contributed by atoms with Crippen LogP contribution in [0.3, 0.4) is 0 Å². The van der Waals surface area contributed by atoms with Gasteiger partial charge in [-0.05, 0) is 30.7 Å². The van der Waals surface area contributed by atoms with Crippen LogP contribution in [0, 0.1) is 5.92 Å². The Hall–Kier alpha value is -2.73. The van der Waals surface area contributed by atoms with Gasteiger partial charge in [-0.3, -0.25) is 4.98 Å². The summed E-state index contributed by atoms with van der Waals surface area (Å²) in [5.74, 6) is 1.77. The Balaban J connectivity index is 1.54. The predicted octanol–water partition coefficient (Wildman–Crippen LogP) is 3.05. The van der Waals surface area contributed by atoms with E-state index in [0.717, 1.165) is 36.2 Å². The van der Waals surface area contributed by atoms with Crippen molar-refractivity contribution in [3.8, 4) is 5.88 Å². The van der Waals surface area contributed by atoms with Crippen molar-refractivity contribution in [3.05, 3.63) is 54.6 Å². The molecule has 128 valence electrons.